The highest BCUT2D eigenvalue weighted by Crippen LogP contribution is 2.32. The van der Waals surface area contributed by atoms with Gasteiger partial charge in [0.2, 0.25) is 10.0 Å². The lowest BCUT2D eigenvalue weighted by Gasteiger charge is -2.37. The first-order valence-electron chi connectivity index (χ1n) is 6.42. The molecule has 1 saturated heterocycles. The molecular weight excluding hydrogens is 236 g/mol. The van der Waals surface area contributed by atoms with Crippen LogP contribution in [0.25, 0.3) is 0 Å². The van der Waals surface area contributed by atoms with E-state index in [0.29, 0.717) is 6.54 Å². The lowest BCUT2D eigenvalue weighted by Crippen LogP contribution is -2.48. The highest BCUT2D eigenvalue weighted by Gasteiger charge is 2.34. The number of hydrogen-bond donors (Lipinski definition) is 2. The molecule has 0 unspecified atom stereocenters. The lowest BCUT2D eigenvalue weighted by molar-refractivity contribution is 0.196. The topological polar surface area (TPSA) is 58.2 Å². The fraction of sp³-hybridized carbons (Fsp3) is 1.00. The van der Waals surface area contributed by atoms with E-state index in [4.69, 9.17) is 0 Å². The van der Waals surface area contributed by atoms with E-state index >= 15 is 0 Å². The van der Waals surface area contributed by atoms with E-state index in [1.807, 2.05) is 0 Å². The van der Waals surface area contributed by atoms with Gasteiger partial charge < -0.3 is 5.32 Å². The van der Waals surface area contributed by atoms with Gasteiger partial charge >= 0.3 is 0 Å². The summed E-state index contributed by atoms with van der Waals surface area (Å²) < 4.78 is 26.1. The van der Waals surface area contributed by atoms with Gasteiger partial charge in [-0.25, -0.2) is 13.1 Å². The van der Waals surface area contributed by atoms with Gasteiger partial charge in [0, 0.05) is 6.54 Å². The Kier molecular flexibility index (Phi) is 4.60. The minimum absolute atomic E-state index is 0.142. The zero-order valence-corrected chi connectivity index (χ0v) is 12.3. The van der Waals surface area contributed by atoms with Crippen molar-refractivity contribution in [2.24, 2.45) is 5.41 Å². The van der Waals surface area contributed by atoms with Gasteiger partial charge in [0.05, 0.1) is 4.75 Å². The van der Waals surface area contributed by atoms with Crippen LogP contribution >= 0.6 is 0 Å². The SMILES string of the molecule is CCC1(CNS(=O)(=O)C(C)(C)C)CCNCC1. The third-order valence-corrected chi connectivity index (χ3v) is 5.99. The molecule has 1 aliphatic rings. The third-order valence-electron chi connectivity index (χ3n) is 3.86. The molecule has 1 aliphatic heterocycles. The monoisotopic (exact) mass is 262 g/mol. The summed E-state index contributed by atoms with van der Waals surface area (Å²) in [6.45, 7) is 9.90. The van der Waals surface area contributed by atoms with E-state index in [9.17, 15) is 8.42 Å². The summed E-state index contributed by atoms with van der Waals surface area (Å²) in [5.41, 5.74) is 0.142. The van der Waals surface area contributed by atoms with Gasteiger partial charge in [0.15, 0.2) is 0 Å². The molecule has 0 atom stereocenters. The maximum atomic E-state index is 12.0. The lowest BCUT2D eigenvalue weighted by atomic mass is 9.77. The Morgan fingerprint density at radius 2 is 1.76 bits per heavy atom. The highest BCUT2D eigenvalue weighted by atomic mass is 32.2. The molecule has 5 heteroatoms. The third kappa shape index (κ3) is 3.66. The van der Waals surface area contributed by atoms with E-state index in [-0.39, 0.29) is 5.41 Å². The van der Waals surface area contributed by atoms with E-state index in [0.717, 1.165) is 32.4 Å². The molecule has 1 heterocycles. The van der Waals surface area contributed by atoms with E-state index in [2.05, 4.69) is 17.0 Å². The second-order valence-electron chi connectivity index (χ2n) is 6.04. The van der Waals surface area contributed by atoms with Crippen LogP contribution in [0, 0.1) is 5.41 Å². The van der Waals surface area contributed by atoms with Crippen LogP contribution in [0.1, 0.15) is 47.0 Å². The molecule has 0 aromatic rings. The summed E-state index contributed by atoms with van der Waals surface area (Å²) in [4.78, 5) is 0. The number of hydrogen-bond acceptors (Lipinski definition) is 3. The molecule has 0 radical (unpaired) electrons. The number of piperidine rings is 1. The van der Waals surface area contributed by atoms with Crippen molar-refractivity contribution in [3.05, 3.63) is 0 Å². The first-order chi connectivity index (χ1) is 7.72. The van der Waals surface area contributed by atoms with Crippen molar-refractivity contribution >= 4 is 10.0 Å². The zero-order valence-electron chi connectivity index (χ0n) is 11.5. The van der Waals surface area contributed by atoms with Crippen molar-refractivity contribution in [3.63, 3.8) is 0 Å². The van der Waals surface area contributed by atoms with Crippen molar-refractivity contribution in [2.75, 3.05) is 19.6 Å². The van der Waals surface area contributed by atoms with Crippen LogP contribution in [-0.4, -0.2) is 32.8 Å². The van der Waals surface area contributed by atoms with Crippen molar-refractivity contribution in [1.29, 1.82) is 0 Å². The minimum Gasteiger partial charge on any atom is -0.317 e. The van der Waals surface area contributed by atoms with E-state index in [1.165, 1.54) is 0 Å². The highest BCUT2D eigenvalue weighted by molar-refractivity contribution is 7.90. The maximum absolute atomic E-state index is 12.0. The zero-order chi connectivity index (χ0) is 13.2. The molecule has 0 amide bonds. The molecule has 0 spiro atoms. The Balaban J connectivity index is 2.65. The molecule has 0 saturated carbocycles. The summed E-state index contributed by atoms with van der Waals surface area (Å²) in [6.07, 6.45) is 3.13. The van der Waals surface area contributed by atoms with E-state index in [1.54, 1.807) is 20.8 Å². The molecule has 102 valence electrons. The number of sulfonamides is 1. The van der Waals surface area contributed by atoms with Gasteiger partial charge in [-0.05, 0) is 58.5 Å². The molecule has 0 aromatic carbocycles. The van der Waals surface area contributed by atoms with Crippen molar-refractivity contribution in [2.45, 2.75) is 51.7 Å². The first kappa shape index (κ1) is 14.9. The molecule has 0 aliphatic carbocycles. The number of nitrogens with one attached hydrogen (secondary N) is 2. The molecule has 0 aromatic heterocycles. The Morgan fingerprint density at radius 3 is 2.18 bits per heavy atom. The average Bonchev–Trinajstić information content (AvgIpc) is 2.26. The predicted octanol–water partition coefficient (Wildman–Crippen LogP) is 1.48. The largest absolute Gasteiger partial charge is 0.317 e. The van der Waals surface area contributed by atoms with Crippen molar-refractivity contribution in [3.8, 4) is 0 Å². The molecule has 2 N–H and O–H groups in total. The quantitative estimate of drug-likeness (QED) is 0.807. The summed E-state index contributed by atoms with van der Waals surface area (Å²) in [5, 5.41) is 3.32. The second-order valence-corrected chi connectivity index (χ2v) is 8.56. The molecule has 4 nitrogen and oxygen atoms in total. The average molecular weight is 262 g/mol. The molecule has 1 fully saturated rings. The summed E-state index contributed by atoms with van der Waals surface area (Å²) in [7, 11) is -3.22. The summed E-state index contributed by atoms with van der Waals surface area (Å²) in [6, 6.07) is 0. The standard InChI is InChI=1S/C12H26N2O2S/c1-5-12(6-8-13-9-7-12)10-14-17(15,16)11(2,3)4/h13-14H,5-10H2,1-4H3. The molecule has 0 bridgehead atoms. The van der Waals surface area contributed by atoms with Crippen LogP contribution in [-0.2, 0) is 10.0 Å². The van der Waals surface area contributed by atoms with Crippen LogP contribution in [0.2, 0.25) is 0 Å². The van der Waals surface area contributed by atoms with Gasteiger partial charge in [-0.2, -0.15) is 0 Å². The van der Waals surface area contributed by atoms with Crippen LogP contribution in [0.3, 0.4) is 0 Å². The Hall–Kier alpha value is -0.130. The van der Waals surface area contributed by atoms with Crippen LogP contribution in [0.4, 0.5) is 0 Å². The normalized spacial score (nSPS) is 21.4. The molecule has 1 rings (SSSR count). The fourth-order valence-corrected chi connectivity index (χ4v) is 3.01. The molecule has 17 heavy (non-hydrogen) atoms. The first-order valence-corrected chi connectivity index (χ1v) is 7.91. The van der Waals surface area contributed by atoms with Gasteiger partial charge in [-0.1, -0.05) is 6.92 Å². The number of rotatable bonds is 4. The fourth-order valence-electron chi connectivity index (χ4n) is 2.08. The van der Waals surface area contributed by atoms with Crippen LogP contribution < -0.4 is 10.0 Å². The van der Waals surface area contributed by atoms with Crippen molar-refractivity contribution in [1.82, 2.24) is 10.0 Å². The second kappa shape index (κ2) is 5.24. The minimum atomic E-state index is -3.22. The van der Waals surface area contributed by atoms with E-state index < -0.39 is 14.8 Å². The Bertz CT molecular complexity index is 338. The van der Waals surface area contributed by atoms with Gasteiger partial charge in [0.1, 0.15) is 0 Å². The summed E-state index contributed by atoms with van der Waals surface area (Å²) >= 11 is 0. The van der Waals surface area contributed by atoms with Gasteiger partial charge in [0.25, 0.3) is 0 Å². The Morgan fingerprint density at radius 1 is 1.24 bits per heavy atom. The summed E-state index contributed by atoms with van der Waals surface area (Å²) in [5.74, 6) is 0. The van der Waals surface area contributed by atoms with Crippen LogP contribution in [0.5, 0.6) is 0 Å². The Labute approximate surface area is 106 Å². The molecular formula is C12H26N2O2S. The van der Waals surface area contributed by atoms with Crippen molar-refractivity contribution < 1.29 is 8.42 Å². The van der Waals surface area contributed by atoms with Gasteiger partial charge in [-0.3, -0.25) is 0 Å². The maximum Gasteiger partial charge on any atom is 0.216 e. The smallest absolute Gasteiger partial charge is 0.216 e. The van der Waals surface area contributed by atoms with Crippen LogP contribution in [0.15, 0.2) is 0 Å². The van der Waals surface area contributed by atoms with Gasteiger partial charge in [-0.15, -0.1) is 0 Å². The predicted molar refractivity (Wildman–Crippen MR) is 71.5 cm³/mol.